The van der Waals surface area contributed by atoms with E-state index in [1.54, 1.807) is 6.92 Å². The summed E-state index contributed by atoms with van der Waals surface area (Å²) in [6.07, 6.45) is -1.53. The second-order valence-electron chi connectivity index (χ2n) is 2.83. The lowest BCUT2D eigenvalue weighted by Gasteiger charge is -2.14. The quantitative estimate of drug-likeness (QED) is 0.257. The van der Waals surface area contributed by atoms with Crippen LogP contribution in [0.2, 0.25) is 0 Å². The average molecular weight is 257 g/mol. The monoisotopic (exact) mass is 256 g/mol. The molecule has 0 aliphatic rings. The third kappa shape index (κ3) is 8.69. The molecule has 0 spiro atoms. The highest BCUT2D eigenvalue weighted by Crippen LogP contribution is 1.90. The minimum absolute atomic E-state index is 0.0981. The van der Waals surface area contributed by atoms with Gasteiger partial charge in [0, 0.05) is 0 Å². The Hall–Kier alpha value is -0.600. The lowest BCUT2D eigenvalue weighted by atomic mass is 10.4. The van der Waals surface area contributed by atoms with Gasteiger partial charge in [-0.1, -0.05) is 0 Å². The van der Waals surface area contributed by atoms with Crippen LogP contribution < -0.4 is 10.8 Å². The zero-order valence-corrected chi connectivity index (χ0v) is 9.74. The lowest BCUT2D eigenvalue weighted by molar-refractivity contribution is -0.0407. The topological polar surface area (TPSA) is 100 Å². The van der Waals surface area contributed by atoms with Gasteiger partial charge in [-0.15, -0.1) is 11.6 Å². The van der Waals surface area contributed by atoms with E-state index in [-0.39, 0.29) is 19.8 Å². The van der Waals surface area contributed by atoms with Gasteiger partial charge in [-0.25, -0.2) is 4.79 Å². The molecule has 0 saturated heterocycles. The van der Waals surface area contributed by atoms with E-state index >= 15 is 0 Å². The summed E-state index contributed by atoms with van der Waals surface area (Å²) in [4.78, 5) is 15.6. The first-order chi connectivity index (χ1) is 7.60. The Kier molecular flexibility index (Phi) is 9.25. The molecule has 0 aliphatic heterocycles. The number of amides is 1. The minimum Gasteiger partial charge on any atom is -0.450 e. The molecule has 0 aliphatic carbocycles. The second-order valence-corrected chi connectivity index (χ2v) is 3.36. The number of alkyl carbamates (subject to hydrolysis) is 1. The molecule has 4 N–H and O–H groups in total. The van der Waals surface area contributed by atoms with Crippen molar-refractivity contribution < 1.29 is 24.6 Å². The number of alkyl halides is 1. The van der Waals surface area contributed by atoms with Crippen LogP contribution in [0.5, 0.6) is 0 Å². The van der Waals surface area contributed by atoms with Crippen molar-refractivity contribution in [2.75, 3.05) is 26.4 Å². The standard InChI is InChI=1S/C8H17ClN2O5/c1-2-15-8(14)10-3-7(9)11-16-5-6(13)4-12/h6-7,11-13H,2-5H2,1H3,(H,10,14). The first-order valence-corrected chi connectivity index (χ1v) is 5.24. The third-order valence-corrected chi connectivity index (χ3v) is 1.64. The molecule has 16 heavy (non-hydrogen) atoms. The van der Waals surface area contributed by atoms with Gasteiger partial charge in [-0.05, 0) is 6.92 Å². The number of ether oxygens (including phenoxy) is 1. The van der Waals surface area contributed by atoms with Crippen LogP contribution in [0.25, 0.3) is 0 Å². The number of hydroxylamine groups is 1. The van der Waals surface area contributed by atoms with Crippen LogP contribution in [-0.4, -0.2) is 54.3 Å². The molecule has 0 heterocycles. The van der Waals surface area contributed by atoms with E-state index in [0.717, 1.165) is 0 Å². The predicted molar refractivity (Wildman–Crippen MR) is 56.8 cm³/mol. The van der Waals surface area contributed by atoms with E-state index in [4.69, 9.17) is 26.7 Å². The highest BCUT2D eigenvalue weighted by Gasteiger charge is 2.08. The first-order valence-electron chi connectivity index (χ1n) is 4.81. The zero-order valence-electron chi connectivity index (χ0n) is 8.98. The molecule has 1 amide bonds. The van der Waals surface area contributed by atoms with Crippen molar-refractivity contribution in [2.45, 2.75) is 18.5 Å². The number of rotatable bonds is 8. The molecule has 0 rings (SSSR count). The number of nitrogens with one attached hydrogen (secondary N) is 2. The van der Waals surface area contributed by atoms with Crippen LogP contribution in [0, 0.1) is 0 Å². The molecule has 7 nitrogen and oxygen atoms in total. The van der Waals surface area contributed by atoms with Crippen molar-refractivity contribution in [1.29, 1.82) is 0 Å². The molecule has 0 radical (unpaired) electrons. The third-order valence-electron chi connectivity index (χ3n) is 1.40. The summed E-state index contributed by atoms with van der Waals surface area (Å²) >= 11 is 5.70. The molecule has 0 aromatic carbocycles. The maximum absolute atomic E-state index is 10.8. The fraction of sp³-hybridized carbons (Fsp3) is 0.875. The Morgan fingerprint density at radius 1 is 1.56 bits per heavy atom. The van der Waals surface area contributed by atoms with Gasteiger partial charge in [-0.3, -0.25) is 4.84 Å². The van der Waals surface area contributed by atoms with E-state index < -0.39 is 24.3 Å². The van der Waals surface area contributed by atoms with E-state index in [0.29, 0.717) is 0 Å². The van der Waals surface area contributed by atoms with Gasteiger partial charge in [0.05, 0.1) is 26.4 Å². The largest absolute Gasteiger partial charge is 0.450 e. The summed E-state index contributed by atoms with van der Waals surface area (Å²) in [6, 6.07) is 0. The molecule has 0 bridgehead atoms. The maximum Gasteiger partial charge on any atom is 0.407 e. The van der Waals surface area contributed by atoms with E-state index in [2.05, 4.69) is 15.5 Å². The molecular formula is C8H17ClN2O5. The molecule has 0 fully saturated rings. The Morgan fingerprint density at radius 2 is 2.25 bits per heavy atom. The highest BCUT2D eigenvalue weighted by molar-refractivity contribution is 6.20. The summed E-state index contributed by atoms with van der Waals surface area (Å²) in [5, 5.41) is 19.8. The minimum atomic E-state index is -0.964. The van der Waals surface area contributed by atoms with Crippen molar-refractivity contribution in [2.24, 2.45) is 0 Å². The highest BCUT2D eigenvalue weighted by atomic mass is 35.5. The number of hydrogen-bond donors (Lipinski definition) is 4. The Bertz CT molecular complexity index is 195. The number of aliphatic hydroxyl groups is 2. The maximum atomic E-state index is 10.8. The molecule has 0 aromatic rings. The average Bonchev–Trinajstić information content (AvgIpc) is 2.26. The summed E-state index contributed by atoms with van der Waals surface area (Å²) in [5.41, 5.74) is 1.71. The molecule has 0 aromatic heterocycles. The van der Waals surface area contributed by atoms with Crippen LogP contribution >= 0.6 is 11.6 Å². The van der Waals surface area contributed by atoms with Gasteiger partial charge >= 0.3 is 6.09 Å². The Labute approximate surface area is 98.6 Å². The number of aliphatic hydroxyl groups excluding tert-OH is 2. The van der Waals surface area contributed by atoms with Crippen molar-refractivity contribution in [1.82, 2.24) is 10.8 Å². The number of halogens is 1. The Balaban J connectivity index is 3.44. The van der Waals surface area contributed by atoms with Gasteiger partial charge in [0.25, 0.3) is 0 Å². The van der Waals surface area contributed by atoms with Crippen molar-refractivity contribution in [3.05, 3.63) is 0 Å². The van der Waals surface area contributed by atoms with E-state index in [1.165, 1.54) is 0 Å². The van der Waals surface area contributed by atoms with Crippen molar-refractivity contribution in [3.63, 3.8) is 0 Å². The second kappa shape index (κ2) is 9.61. The van der Waals surface area contributed by atoms with Crippen LogP contribution in [0.3, 0.4) is 0 Å². The van der Waals surface area contributed by atoms with E-state index in [9.17, 15) is 4.79 Å². The molecule has 2 unspecified atom stereocenters. The van der Waals surface area contributed by atoms with E-state index in [1.807, 2.05) is 0 Å². The van der Waals surface area contributed by atoms with Gasteiger partial charge in [0.1, 0.15) is 11.6 Å². The fourth-order valence-corrected chi connectivity index (χ4v) is 0.824. The molecule has 2 atom stereocenters. The lowest BCUT2D eigenvalue weighted by Crippen LogP contribution is -2.39. The predicted octanol–water partition coefficient (Wildman–Crippen LogP) is -0.828. The van der Waals surface area contributed by atoms with Gasteiger partial charge < -0.3 is 20.3 Å². The fourth-order valence-electron chi connectivity index (χ4n) is 0.684. The van der Waals surface area contributed by atoms with Crippen LogP contribution in [0.4, 0.5) is 4.79 Å². The van der Waals surface area contributed by atoms with Gasteiger partial charge in [0.15, 0.2) is 0 Å². The summed E-state index contributed by atoms with van der Waals surface area (Å²) in [5.74, 6) is 0. The summed E-state index contributed by atoms with van der Waals surface area (Å²) < 4.78 is 4.60. The molecule has 0 saturated carbocycles. The SMILES string of the molecule is CCOC(=O)NCC(Cl)NOCC(O)CO. The molecular weight excluding hydrogens is 240 g/mol. The normalized spacial score (nSPS) is 14.2. The van der Waals surface area contributed by atoms with Crippen LogP contribution in [0.1, 0.15) is 6.92 Å². The summed E-state index contributed by atoms with van der Waals surface area (Å²) in [7, 11) is 0. The van der Waals surface area contributed by atoms with Crippen LogP contribution in [0.15, 0.2) is 0 Å². The first kappa shape index (κ1) is 15.4. The Morgan fingerprint density at radius 3 is 2.81 bits per heavy atom. The smallest absolute Gasteiger partial charge is 0.407 e. The van der Waals surface area contributed by atoms with Crippen molar-refractivity contribution in [3.8, 4) is 0 Å². The number of hydrogen-bond acceptors (Lipinski definition) is 6. The number of carbonyl (C=O) groups is 1. The zero-order chi connectivity index (χ0) is 12.4. The molecule has 96 valence electrons. The van der Waals surface area contributed by atoms with Gasteiger partial charge in [-0.2, -0.15) is 5.48 Å². The van der Waals surface area contributed by atoms with Gasteiger partial charge in [0.2, 0.25) is 0 Å². The number of carbonyl (C=O) groups excluding carboxylic acids is 1. The summed E-state index contributed by atoms with van der Waals surface area (Å²) in [6.45, 7) is 1.59. The van der Waals surface area contributed by atoms with Crippen molar-refractivity contribution >= 4 is 17.7 Å². The molecule has 8 heteroatoms. The van der Waals surface area contributed by atoms with Crippen LogP contribution in [-0.2, 0) is 9.57 Å².